The van der Waals surface area contributed by atoms with Crippen molar-refractivity contribution in [2.75, 3.05) is 6.54 Å². The fourth-order valence-corrected chi connectivity index (χ4v) is 3.45. The predicted molar refractivity (Wildman–Crippen MR) is 115 cm³/mol. The van der Waals surface area contributed by atoms with E-state index in [0.717, 1.165) is 23.3 Å². The molecule has 0 atom stereocenters. The van der Waals surface area contributed by atoms with Crippen LogP contribution in [0.2, 0.25) is 0 Å². The maximum absolute atomic E-state index is 6.09. The summed E-state index contributed by atoms with van der Waals surface area (Å²) in [5, 5.41) is 3.57. The summed E-state index contributed by atoms with van der Waals surface area (Å²) in [6, 6.07) is 14.7. The largest absolute Gasteiger partial charge is 0.489 e. The Kier molecular flexibility index (Phi) is 9.80. The Labute approximate surface area is 167 Å². The number of aryl methyl sites for hydroxylation is 1. The summed E-state index contributed by atoms with van der Waals surface area (Å²) in [5.74, 6) is 0.963. The molecule has 0 unspecified atom stereocenters. The van der Waals surface area contributed by atoms with Crippen molar-refractivity contribution < 1.29 is 4.74 Å². The molecule has 0 amide bonds. The summed E-state index contributed by atoms with van der Waals surface area (Å²) in [6.07, 6.45) is 7.98. The van der Waals surface area contributed by atoms with Crippen LogP contribution in [0.4, 0.5) is 0 Å². The molecule has 0 bridgehead atoms. The summed E-state index contributed by atoms with van der Waals surface area (Å²) < 4.78 is 7.19. The summed E-state index contributed by atoms with van der Waals surface area (Å²) in [7, 11) is 0. The van der Waals surface area contributed by atoms with E-state index in [-0.39, 0.29) is 0 Å². The van der Waals surface area contributed by atoms with E-state index in [2.05, 4.69) is 71.5 Å². The van der Waals surface area contributed by atoms with Gasteiger partial charge in [-0.15, -0.1) is 0 Å². The van der Waals surface area contributed by atoms with Gasteiger partial charge >= 0.3 is 0 Å². The van der Waals surface area contributed by atoms with E-state index in [0.29, 0.717) is 6.61 Å². The van der Waals surface area contributed by atoms with Crippen LogP contribution in [0.3, 0.4) is 0 Å². The Morgan fingerprint density at radius 2 is 1.77 bits per heavy atom. The van der Waals surface area contributed by atoms with Crippen LogP contribution in [0.15, 0.2) is 46.9 Å². The van der Waals surface area contributed by atoms with Crippen molar-refractivity contribution in [1.29, 1.82) is 0 Å². The molecule has 0 fully saturated rings. The zero-order valence-electron chi connectivity index (χ0n) is 16.2. The lowest BCUT2D eigenvalue weighted by atomic mass is 10.1. The molecule has 142 valence electrons. The van der Waals surface area contributed by atoms with Crippen LogP contribution in [-0.2, 0) is 13.2 Å². The van der Waals surface area contributed by atoms with E-state index in [1.165, 1.54) is 55.2 Å². The minimum atomic E-state index is 0.605. The molecule has 3 heteroatoms. The van der Waals surface area contributed by atoms with Crippen LogP contribution in [-0.4, -0.2) is 6.54 Å². The zero-order valence-corrected chi connectivity index (χ0v) is 17.8. The third-order valence-corrected chi connectivity index (χ3v) is 5.02. The first-order chi connectivity index (χ1) is 12.7. The van der Waals surface area contributed by atoms with Crippen molar-refractivity contribution >= 4 is 15.9 Å². The van der Waals surface area contributed by atoms with Gasteiger partial charge < -0.3 is 10.1 Å². The molecule has 0 saturated heterocycles. The quantitative estimate of drug-likeness (QED) is 0.383. The Hall–Kier alpha value is -1.32. The van der Waals surface area contributed by atoms with E-state index < -0.39 is 0 Å². The maximum Gasteiger partial charge on any atom is 0.124 e. The molecule has 0 aromatic heterocycles. The maximum atomic E-state index is 6.09. The third-order valence-electron chi connectivity index (χ3n) is 4.52. The fraction of sp³-hybridized carbons (Fsp3) is 0.478. The molecule has 0 aliphatic rings. The molecule has 2 rings (SSSR count). The second kappa shape index (κ2) is 12.1. The van der Waals surface area contributed by atoms with Gasteiger partial charge in [-0.05, 0) is 43.7 Å². The molecule has 2 aromatic rings. The van der Waals surface area contributed by atoms with Gasteiger partial charge in [0, 0.05) is 16.6 Å². The minimum Gasteiger partial charge on any atom is -0.489 e. The van der Waals surface area contributed by atoms with E-state index >= 15 is 0 Å². The number of halogens is 1. The summed E-state index contributed by atoms with van der Waals surface area (Å²) >= 11 is 3.58. The van der Waals surface area contributed by atoms with Crippen molar-refractivity contribution in [1.82, 2.24) is 5.32 Å². The second-order valence-corrected chi connectivity index (χ2v) is 7.89. The Morgan fingerprint density at radius 1 is 0.962 bits per heavy atom. The van der Waals surface area contributed by atoms with Gasteiger partial charge in [0.1, 0.15) is 12.4 Å². The van der Waals surface area contributed by atoms with Crippen LogP contribution in [0.1, 0.15) is 62.1 Å². The van der Waals surface area contributed by atoms with Crippen molar-refractivity contribution in [2.45, 2.75) is 65.5 Å². The summed E-state index contributed by atoms with van der Waals surface area (Å²) in [4.78, 5) is 0. The Morgan fingerprint density at radius 3 is 2.58 bits per heavy atom. The topological polar surface area (TPSA) is 21.3 Å². The number of ether oxygens (including phenoxy) is 1. The highest BCUT2D eigenvalue weighted by atomic mass is 79.9. The van der Waals surface area contributed by atoms with Gasteiger partial charge in [-0.1, -0.05) is 84.8 Å². The van der Waals surface area contributed by atoms with E-state index in [9.17, 15) is 0 Å². The molecule has 0 saturated carbocycles. The van der Waals surface area contributed by atoms with Crippen molar-refractivity contribution in [3.63, 3.8) is 0 Å². The molecule has 0 radical (unpaired) electrons. The minimum absolute atomic E-state index is 0.605. The smallest absolute Gasteiger partial charge is 0.124 e. The monoisotopic (exact) mass is 417 g/mol. The summed E-state index contributed by atoms with van der Waals surface area (Å²) in [5.41, 5.74) is 3.68. The average Bonchev–Trinajstić information content (AvgIpc) is 2.63. The first kappa shape index (κ1) is 21.0. The Bertz CT molecular complexity index is 656. The lowest BCUT2D eigenvalue weighted by Gasteiger charge is -2.13. The van der Waals surface area contributed by atoms with Gasteiger partial charge in [-0.3, -0.25) is 0 Å². The number of nitrogens with one attached hydrogen (secondary N) is 1. The van der Waals surface area contributed by atoms with Crippen molar-refractivity contribution in [2.24, 2.45) is 0 Å². The van der Waals surface area contributed by atoms with Gasteiger partial charge in [0.25, 0.3) is 0 Å². The molecule has 2 nitrogen and oxygen atoms in total. The molecular formula is C23H32BrNO. The van der Waals surface area contributed by atoms with Gasteiger partial charge in [-0.25, -0.2) is 0 Å². The predicted octanol–water partition coefficient (Wildman–Crippen LogP) is 6.79. The van der Waals surface area contributed by atoms with Gasteiger partial charge in [0.15, 0.2) is 0 Å². The molecule has 0 aliphatic heterocycles. The molecule has 1 N–H and O–H groups in total. The van der Waals surface area contributed by atoms with Crippen LogP contribution in [0, 0.1) is 6.92 Å². The lowest BCUT2D eigenvalue weighted by molar-refractivity contribution is 0.302. The molecule has 26 heavy (non-hydrogen) atoms. The third kappa shape index (κ3) is 7.92. The lowest BCUT2D eigenvalue weighted by Crippen LogP contribution is -2.15. The zero-order chi connectivity index (χ0) is 18.6. The van der Waals surface area contributed by atoms with Crippen LogP contribution >= 0.6 is 15.9 Å². The van der Waals surface area contributed by atoms with E-state index in [4.69, 9.17) is 4.74 Å². The molecular weight excluding hydrogens is 386 g/mol. The van der Waals surface area contributed by atoms with Crippen molar-refractivity contribution in [3.05, 3.63) is 63.6 Å². The van der Waals surface area contributed by atoms with E-state index in [1.54, 1.807) is 0 Å². The summed E-state index contributed by atoms with van der Waals surface area (Å²) in [6.45, 7) is 6.89. The van der Waals surface area contributed by atoms with Gasteiger partial charge in [0.2, 0.25) is 0 Å². The fourth-order valence-electron chi connectivity index (χ4n) is 3.04. The standard InChI is InChI=1S/C23H32BrNO/c1-3-4-5-6-7-8-14-25-17-21-16-22(24)12-13-23(21)26-18-20-11-9-10-19(2)15-20/h9-13,15-16,25H,3-8,14,17-18H2,1-2H3. The highest BCUT2D eigenvalue weighted by Gasteiger charge is 2.05. The highest BCUT2D eigenvalue weighted by Crippen LogP contribution is 2.24. The first-order valence-electron chi connectivity index (χ1n) is 9.86. The molecule has 2 aromatic carbocycles. The Balaban J connectivity index is 1.79. The van der Waals surface area contributed by atoms with Gasteiger partial charge in [0.05, 0.1) is 0 Å². The van der Waals surface area contributed by atoms with Crippen LogP contribution < -0.4 is 10.1 Å². The second-order valence-electron chi connectivity index (χ2n) is 6.97. The molecule has 0 heterocycles. The van der Waals surface area contributed by atoms with E-state index in [1.807, 2.05) is 6.07 Å². The first-order valence-corrected chi connectivity index (χ1v) is 10.7. The van der Waals surface area contributed by atoms with Crippen molar-refractivity contribution in [3.8, 4) is 5.75 Å². The number of unbranched alkanes of at least 4 members (excludes halogenated alkanes) is 5. The highest BCUT2D eigenvalue weighted by molar-refractivity contribution is 9.10. The van der Waals surface area contributed by atoms with Gasteiger partial charge in [-0.2, -0.15) is 0 Å². The van der Waals surface area contributed by atoms with Crippen LogP contribution in [0.5, 0.6) is 5.75 Å². The molecule has 0 aliphatic carbocycles. The average molecular weight is 418 g/mol. The number of rotatable bonds is 12. The van der Waals surface area contributed by atoms with Crippen LogP contribution in [0.25, 0.3) is 0 Å². The molecule has 0 spiro atoms. The normalized spacial score (nSPS) is 10.9. The SMILES string of the molecule is CCCCCCCCNCc1cc(Br)ccc1OCc1cccc(C)c1. The number of hydrogen-bond acceptors (Lipinski definition) is 2. The number of benzene rings is 2. The number of hydrogen-bond donors (Lipinski definition) is 1.